The molecule has 0 radical (unpaired) electrons. The minimum Gasteiger partial charge on any atom is -0.380 e. The number of nitrogens with one attached hydrogen (secondary N) is 2. The Hall–Kier alpha value is -1.88. The molecule has 0 unspecified atom stereocenters. The van der Waals surface area contributed by atoms with E-state index in [4.69, 9.17) is 0 Å². The first-order chi connectivity index (χ1) is 11.3. The zero-order valence-corrected chi connectivity index (χ0v) is 14.7. The van der Waals surface area contributed by atoms with Gasteiger partial charge in [-0.05, 0) is 42.7 Å². The highest BCUT2D eigenvalue weighted by atomic mass is 16.3. The molecular formula is C19H28N2O3. The van der Waals surface area contributed by atoms with E-state index in [2.05, 4.69) is 17.6 Å². The fourth-order valence-electron chi connectivity index (χ4n) is 3.67. The third-order valence-electron chi connectivity index (χ3n) is 4.91. The SMILES string of the molecule is CC(C)[C@@H]1CC[C@@H](C)C[C@@]1(O)C(=O)NCC(=O)Nc1ccccc1. The van der Waals surface area contributed by atoms with Crippen LogP contribution in [-0.2, 0) is 9.59 Å². The van der Waals surface area contributed by atoms with Gasteiger partial charge in [0.1, 0.15) is 5.60 Å². The molecule has 0 aliphatic heterocycles. The Balaban J connectivity index is 1.95. The number of aliphatic hydroxyl groups is 1. The molecule has 0 heterocycles. The quantitative estimate of drug-likeness (QED) is 0.775. The molecule has 0 spiro atoms. The molecule has 0 saturated heterocycles. The first kappa shape index (κ1) is 18.5. The molecule has 0 bridgehead atoms. The standard InChI is InChI=1S/C19H28N2O3/c1-13(2)16-10-9-14(3)11-19(16,24)18(23)20-12-17(22)21-15-7-5-4-6-8-15/h4-8,13-14,16,24H,9-12H2,1-3H3,(H,20,23)(H,21,22)/t14-,16+,19+/m1/s1. The van der Waals surface area contributed by atoms with Crippen LogP contribution in [0.15, 0.2) is 30.3 Å². The van der Waals surface area contributed by atoms with Gasteiger partial charge in [0.05, 0.1) is 6.54 Å². The van der Waals surface area contributed by atoms with Crippen LogP contribution in [0, 0.1) is 17.8 Å². The van der Waals surface area contributed by atoms with Gasteiger partial charge in [0, 0.05) is 5.69 Å². The second kappa shape index (κ2) is 7.79. The summed E-state index contributed by atoms with van der Waals surface area (Å²) in [4.78, 5) is 24.6. The normalized spacial score (nSPS) is 26.9. The highest BCUT2D eigenvalue weighted by Gasteiger charge is 2.48. The highest BCUT2D eigenvalue weighted by molar-refractivity contribution is 5.96. The number of amides is 2. The van der Waals surface area contributed by atoms with Crippen molar-refractivity contribution in [1.82, 2.24) is 5.32 Å². The molecule has 1 fully saturated rings. The molecule has 2 rings (SSSR count). The van der Waals surface area contributed by atoms with Crippen LogP contribution in [0.4, 0.5) is 5.69 Å². The molecule has 5 nitrogen and oxygen atoms in total. The largest absolute Gasteiger partial charge is 0.380 e. The summed E-state index contributed by atoms with van der Waals surface area (Å²) >= 11 is 0. The number of benzene rings is 1. The Morgan fingerprint density at radius 2 is 1.92 bits per heavy atom. The third kappa shape index (κ3) is 4.35. The van der Waals surface area contributed by atoms with Crippen molar-refractivity contribution in [3.05, 3.63) is 30.3 Å². The van der Waals surface area contributed by atoms with Gasteiger partial charge in [0.15, 0.2) is 0 Å². The topological polar surface area (TPSA) is 78.4 Å². The summed E-state index contributed by atoms with van der Waals surface area (Å²) in [6.45, 7) is 5.97. The fourth-order valence-corrected chi connectivity index (χ4v) is 3.67. The second-order valence-corrected chi connectivity index (χ2v) is 7.26. The molecule has 132 valence electrons. The fraction of sp³-hybridized carbons (Fsp3) is 0.579. The van der Waals surface area contributed by atoms with Crippen molar-refractivity contribution in [2.75, 3.05) is 11.9 Å². The van der Waals surface area contributed by atoms with E-state index in [0.29, 0.717) is 18.0 Å². The second-order valence-electron chi connectivity index (χ2n) is 7.26. The predicted octanol–water partition coefficient (Wildman–Crippen LogP) is 2.56. The number of carbonyl (C=O) groups excluding carboxylic acids is 2. The van der Waals surface area contributed by atoms with Crippen LogP contribution in [0.5, 0.6) is 0 Å². The van der Waals surface area contributed by atoms with Gasteiger partial charge >= 0.3 is 0 Å². The maximum Gasteiger partial charge on any atom is 0.252 e. The van der Waals surface area contributed by atoms with Crippen LogP contribution in [0.2, 0.25) is 0 Å². The summed E-state index contributed by atoms with van der Waals surface area (Å²) in [5.74, 6) is -0.301. The number of carbonyl (C=O) groups is 2. The number of hydrogen-bond donors (Lipinski definition) is 3. The molecule has 0 aromatic heterocycles. The van der Waals surface area contributed by atoms with Crippen molar-refractivity contribution in [3.63, 3.8) is 0 Å². The van der Waals surface area contributed by atoms with Crippen molar-refractivity contribution in [1.29, 1.82) is 0 Å². The van der Waals surface area contributed by atoms with Crippen LogP contribution in [0.25, 0.3) is 0 Å². The minimum atomic E-state index is -1.39. The Morgan fingerprint density at radius 1 is 1.25 bits per heavy atom. The molecule has 1 aromatic carbocycles. The lowest BCUT2D eigenvalue weighted by Crippen LogP contribution is -2.57. The Kier molecular flexibility index (Phi) is 5.99. The minimum absolute atomic E-state index is 0.0779. The molecular weight excluding hydrogens is 304 g/mol. The molecule has 1 aliphatic rings. The maximum absolute atomic E-state index is 12.6. The van der Waals surface area contributed by atoms with E-state index in [0.717, 1.165) is 12.8 Å². The highest BCUT2D eigenvalue weighted by Crippen LogP contribution is 2.41. The molecule has 3 atom stereocenters. The number of hydrogen-bond acceptors (Lipinski definition) is 3. The van der Waals surface area contributed by atoms with Gasteiger partial charge in [-0.15, -0.1) is 0 Å². The van der Waals surface area contributed by atoms with Gasteiger partial charge in [0.2, 0.25) is 5.91 Å². The zero-order chi connectivity index (χ0) is 17.7. The lowest BCUT2D eigenvalue weighted by molar-refractivity contribution is -0.156. The van der Waals surface area contributed by atoms with E-state index >= 15 is 0 Å². The van der Waals surface area contributed by atoms with Crippen LogP contribution in [-0.4, -0.2) is 29.1 Å². The molecule has 24 heavy (non-hydrogen) atoms. The van der Waals surface area contributed by atoms with Crippen LogP contribution >= 0.6 is 0 Å². The Labute approximate surface area is 143 Å². The summed E-state index contributed by atoms with van der Waals surface area (Å²) in [5, 5.41) is 16.3. The molecule has 1 saturated carbocycles. The molecule has 2 amide bonds. The van der Waals surface area contributed by atoms with Gasteiger partial charge in [-0.2, -0.15) is 0 Å². The molecule has 1 aromatic rings. The van der Waals surface area contributed by atoms with Crippen molar-refractivity contribution in [2.24, 2.45) is 17.8 Å². The average molecular weight is 332 g/mol. The van der Waals surface area contributed by atoms with Gasteiger partial charge in [0.25, 0.3) is 5.91 Å². The number of rotatable bonds is 5. The predicted molar refractivity (Wildman–Crippen MR) is 94.4 cm³/mol. The first-order valence-electron chi connectivity index (χ1n) is 8.68. The molecule has 1 aliphatic carbocycles. The lowest BCUT2D eigenvalue weighted by Gasteiger charge is -2.43. The summed E-state index contributed by atoms with van der Waals surface area (Å²) in [5.41, 5.74) is -0.708. The van der Waals surface area contributed by atoms with E-state index in [1.165, 1.54) is 0 Å². The van der Waals surface area contributed by atoms with Gasteiger partial charge in [-0.3, -0.25) is 9.59 Å². The smallest absolute Gasteiger partial charge is 0.252 e. The Bertz CT molecular complexity index is 573. The van der Waals surface area contributed by atoms with Gasteiger partial charge in [-0.25, -0.2) is 0 Å². The summed E-state index contributed by atoms with van der Waals surface area (Å²) in [6, 6.07) is 9.08. The summed E-state index contributed by atoms with van der Waals surface area (Å²) in [7, 11) is 0. The average Bonchev–Trinajstić information content (AvgIpc) is 2.53. The number of anilines is 1. The molecule has 3 N–H and O–H groups in total. The van der Waals surface area contributed by atoms with E-state index < -0.39 is 11.5 Å². The van der Waals surface area contributed by atoms with Crippen molar-refractivity contribution in [3.8, 4) is 0 Å². The van der Waals surface area contributed by atoms with Crippen molar-refractivity contribution >= 4 is 17.5 Å². The summed E-state index contributed by atoms with van der Waals surface area (Å²) in [6.07, 6.45) is 2.30. The van der Waals surface area contributed by atoms with Crippen LogP contribution < -0.4 is 10.6 Å². The zero-order valence-electron chi connectivity index (χ0n) is 14.7. The number of para-hydroxylation sites is 1. The van der Waals surface area contributed by atoms with E-state index in [1.54, 1.807) is 12.1 Å². The van der Waals surface area contributed by atoms with Crippen LogP contribution in [0.3, 0.4) is 0 Å². The third-order valence-corrected chi connectivity index (χ3v) is 4.91. The van der Waals surface area contributed by atoms with E-state index in [9.17, 15) is 14.7 Å². The monoisotopic (exact) mass is 332 g/mol. The maximum atomic E-state index is 12.6. The van der Waals surface area contributed by atoms with Crippen molar-refractivity contribution in [2.45, 2.75) is 45.6 Å². The first-order valence-corrected chi connectivity index (χ1v) is 8.68. The van der Waals surface area contributed by atoms with Gasteiger partial charge in [-0.1, -0.05) is 45.4 Å². The molecule has 5 heteroatoms. The van der Waals surface area contributed by atoms with E-state index in [1.807, 2.05) is 32.0 Å². The lowest BCUT2D eigenvalue weighted by atomic mass is 9.66. The van der Waals surface area contributed by atoms with Crippen molar-refractivity contribution < 1.29 is 14.7 Å². The summed E-state index contributed by atoms with van der Waals surface area (Å²) < 4.78 is 0. The Morgan fingerprint density at radius 3 is 2.54 bits per heavy atom. The van der Waals surface area contributed by atoms with Gasteiger partial charge < -0.3 is 15.7 Å². The van der Waals surface area contributed by atoms with E-state index in [-0.39, 0.29) is 24.3 Å². The van der Waals surface area contributed by atoms with Crippen LogP contribution in [0.1, 0.15) is 40.0 Å².